The summed E-state index contributed by atoms with van der Waals surface area (Å²) < 4.78 is 4.90. The molecule has 1 aromatic carbocycles. The normalized spacial score (nSPS) is 12.0. The van der Waals surface area contributed by atoms with Crippen molar-refractivity contribution in [3.05, 3.63) is 33.8 Å². The van der Waals surface area contributed by atoms with Gasteiger partial charge >= 0.3 is 5.97 Å². The summed E-state index contributed by atoms with van der Waals surface area (Å²) >= 11 is 11.6. The van der Waals surface area contributed by atoms with Crippen molar-refractivity contribution in [2.24, 2.45) is 0 Å². The van der Waals surface area contributed by atoms with Gasteiger partial charge < -0.3 is 4.74 Å². The lowest BCUT2D eigenvalue weighted by Gasteiger charge is -2.14. The molecular weight excluding hydrogens is 251 g/mol. The maximum absolute atomic E-state index is 11.3. The van der Waals surface area contributed by atoms with Crippen LogP contribution in [0.1, 0.15) is 25.5 Å². The van der Waals surface area contributed by atoms with Crippen molar-refractivity contribution in [1.82, 2.24) is 0 Å². The summed E-state index contributed by atoms with van der Waals surface area (Å²) in [5, 5.41) is 0.702. The van der Waals surface area contributed by atoms with E-state index in [1.165, 1.54) is 19.9 Å². The second kappa shape index (κ2) is 5.32. The van der Waals surface area contributed by atoms with Gasteiger partial charge in [-0.05, 0) is 19.1 Å². The zero-order chi connectivity index (χ0) is 12.3. The lowest BCUT2D eigenvalue weighted by atomic mass is 10.1. The van der Waals surface area contributed by atoms with Crippen LogP contribution in [0, 0.1) is 0 Å². The third-order valence-electron chi connectivity index (χ3n) is 1.90. The molecule has 1 unspecified atom stereocenters. The maximum atomic E-state index is 11.3. The first-order valence-corrected chi connectivity index (χ1v) is 5.30. The molecule has 0 saturated carbocycles. The first-order valence-electron chi connectivity index (χ1n) is 4.54. The minimum Gasteiger partial charge on any atom is -0.450 e. The van der Waals surface area contributed by atoms with Crippen molar-refractivity contribution < 1.29 is 14.3 Å². The standard InChI is InChI=1S/C11H10Cl2O3/c1-6(14)11(16-7(2)15)8-3-4-9(12)10(13)5-8/h3-5,11H,1-2H3. The maximum Gasteiger partial charge on any atom is 0.303 e. The molecule has 0 heterocycles. The SMILES string of the molecule is CC(=O)OC(C(C)=O)c1ccc(Cl)c(Cl)c1. The fourth-order valence-electron chi connectivity index (χ4n) is 1.23. The van der Waals surface area contributed by atoms with Crippen LogP contribution in [0.5, 0.6) is 0 Å². The van der Waals surface area contributed by atoms with Gasteiger partial charge in [-0.3, -0.25) is 9.59 Å². The molecule has 0 N–H and O–H groups in total. The molecule has 1 aromatic rings. The summed E-state index contributed by atoms with van der Waals surface area (Å²) in [7, 11) is 0. The number of carbonyl (C=O) groups excluding carboxylic acids is 2. The monoisotopic (exact) mass is 260 g/mol. The third kappa shape index (κ3) is 3.22. The molecule has 5 heteroatoms. The van der Waals surface area contributed by atoms with Gasteiger partial charge in [-0.2, -0.15) is 0 Å². The molecule has 0 amide bonds. The van der Waals surface area contributed by atoms with Crippen LogP contribution in [0.4, 0.5) is 0 Å². The van der Waals surface area contributed by atoms with Crippen LogP contribution in [0.3, 0.4) is 0 Å². The van der Waals surface area contributed by atoms with Gasteiger partial charge in [0, 0.05) is 12.5 Å². The summed E-state index contributed by atoms with van der Waals surface area (Å²) in [5.41, 5.74) is 0.511. The van der Waals surface area contributed by atoms with E-state index in [2.05, 4.69) is 0 Å². The molecule has 0 radical (unpaired) electrons. The number of benzene rings is 1. The van der Waals surface area contributed by atoms with Crippen LogP contribution in [0.2, 0.25) is 10.0 Å². The van der Waals surface area contributed by atoms with E-state index in [4.69, 9.17) is 27.9 Å². The quantitative estimate of drug-likeness (QED) is 0.785. The van der Waals surface area contributed by atoms with Crippen molar-refractivity contribution >= 4 is 35.0 Å². The number of rotatable bonds is 3. The zero-order valence-corrected chi connectivity index (χ0v) is 10.3. The van der Waals surface area contributed by atoms with Gasteiger partial charge in [0.15, 0.2) is 11.9 Å². The Bertz CT molecular complexity index is 429. The summed E-state index contributed by atoms with van der Waals surface area (Å²) in [6, 6.07) is 4.67. The number of esters is 1. The summed E-state index contributed by atoms with van der Waals surface area (Å²) in [6.45, 7) is 2.59. The van der Waals surface area contributed by atoms with Crippen LogP contribution in [0.25, 0.3) is 0 Å². The number of carbonyl (C=O) groups is 2. The Morgan fingerprint density at radius 1 is 1.19 bits per heavy atom. The van der Waals surface area contributed by atoms with Gasteiger partial charge in [-0.25, -0.2) is 0 Å². The van der Waals surface area contributed by atoms with Crippen LogP contribution < -0.4 is 0 Å². The van der Waals surface area contributed by atoms with E-state index in [1.807, 2.05) is 0 Å². The lowest BCUT2D eigenvalue weighted by Crippen LogP contribution is -2.15. The Labute approximate surface area is 103 Å². The number of ether oxygens (including phenoxy) is 1. The molecule has 1 atom stereocenters. The second-order valence-corrected chi connectivity index (χ2v) is 4.09. The average molecular weight is 261 g/mol. The first-order chi connectivity index (χ1) is 7.41. The number of Topliss-reactive ketones (excluding diaryl/α,β-unsaturated/α-hetero) is 1. The molecule has 0 aliphatic carbocycles. The van der Waals surface area contributed by atoms with E-state index < -0.39 is 12.1 Å². The Hall–Kier alpha value is -1.06. The second-order valence-electron chi connectivity index (χ2n) is 3.27. The van der Waals surface area contributed by atoms with Gasteiger partial charge in [0.25, 0.3) is 0 Å². The number of halogens is 2. The summed E-state index contributed by atoms with van der Waals surface area (Å²) in [4.78, 5) is 22.2. The van der Waals surface area contributed by atoms with Gasteiger partial charge in [0.1, 0.15) is 0 Å². The number of hydrogen-bond acceptors (Lipinski definition) is 3. The first kappa shape index (κ1) is 13.0. The van der Waals surface area contributed by atoms with E-state index in [0.717, 1.165) is 0 Å². The summed E-state index contributed by atoms with van der Waals surface area (Å²) in [5.74, 6) is -0.792. The highest BCUT2D eigenvalue weighted by atomic mass is 35.5. The Kier molecular flexibility index (Phi) is 4.33. The Balaban J connectivity index is 3.06. The van der Waals surface area contributed by atoms with Crippen molar-refractivity contribution in [2.75, 3.05) is 0 Å². The highest BCUT2D eigenvalue weighted by Crippen LogP contribution is 2.27. The zero-order valence-electron chi connectivity index (χ0n) is 8.79. The molecule has 86 valence electrons. The largest absolute Gasteiger partial charge is 0.450 e. The van der Waals surface area contributed by atoms with Crippen LogP contribution in [-0.4, -0.2) is 11.8 Å². The molecule has 0 saturated heterocycles. The average Bonchev–Trinajstić information content (AvgIpc) is 2.18. The molecule has 16 heavy (non-hydrogen) atoms. The smallest absolute Gasteiger partial charge is 0.303 e. The molecule has 0 spiro atoms. The van der Waals surface area contributed by atoms with Crippen molar-refractivity contribution in [1.29, 1.82) is 0 Å². The predicted molar refractivity (Wildman–Crippen MR) is 61.7 cm³/mol. The molecular formula is C11H10Cl2O3. The highest BCUT2D eigenvalue weighted by molar-refractivity contribution is 6.42. The van der Waals surface area contributed by atoms with Crippen molar-refractivity contribution in [3.63, 3.8) is 0 Å². The van der Waals surface area contributed by atoms with E-state index >= 15 is 0 Å². The number of hydrogen-bond donors (Lipinski definition) is 0. The summed E-state index contributed by atoms with van der Waals surface area (Å²) in [6.07, 6.45) is -0.924. The third-order valence-corrected chi connectivity index (χ3v) is 2.64. The van der Waals surface area contributed by atoms with Crippen LogP contribution >= 0.6 is 23.2 Å². The van der Waals surface area contributed by atoms with E-state index in [0.29, 0.717) is 15.6 Å². The molecule has 0 aliphatic heterocycles. The molecule has 0 aliphatic rings. The van der Waals surface area contributed by atoms with Gasteiger partial charge in [-0.1, -0.05) is 29.3 Å². The van der Waals surface area contributed by atoms with Crippen LogP contribution in [0.15, 0.2) is 18.2 Å². The predicted octanol–water partition coefficient (Wildman–Crippen LogP) is 3.19. The number of ketones is 1. The molecule has 3 nitrogen and oxygen atoms in total. The van der Waals surface area contributed by atoms with Crippen LogP contribution in [-0.2, 0) is 14.3 Å². The van der Waals surface area contributed by atoms with Gasteiger partial charge in [0.05, 0.1) is 10.0 Å². The molecule has 0 bridgehead atoms. The van der Waals surface area contributed by atoms with E-state index in [1.54, 1.807) is 12.1 Å². The van der Waals surface area contributed by atoms with Crippen molar-refractivity contribution in [3.8, 4) is 0 Å². The Morgan fingerprint density at radius 3 is 2.25 bits per heavy atom. The fourth-order valence-corrected chi connectivity index (χ4v) is 1.53. The van der Waals surface area contributed by atoms with Gasteiger partial charge in [-0.15, -0.1) is 0 Å². The highest BCUT2D eigenvalue weighted by Gasteiger charge is 2.20. The fraction of sp³-hybridized carbons (Fsp3) is 0.273. The molecule has 1 rings (SSSR count). The van der Waals surface area contributed by atoms with Gasteiger partial charge in [0.2, 0.25) is 0 Å². The molecule has 0 aromatic heterocycles. The topological polar surface area (TPSA) is 43.4 Å². The van der Waals surface area contributed by atoms with Crippen molar-refractivity contribution in [2.45, 2.75) is 20.0 Å². The minimum absolute atomic E-state index is 0.270. The van der Waals surface area contributed by atoms with E-state index in [-0.39, 0.29) is 5.78 Å². The van der Waals surface area contributed by atoms with E-state index in [9.17, 15) is 9.59 Å². The Morgan fingerprint density at radius 2 is 1.81 bits per heavy atom. The lowest BCUT2D eigenvalue weighted by molar-refractivity contribution is -0.152. The molecule has 0 fully saturated rings. The minimum atomic E-state index is -0.924.